The van der Waals surface area contributed by atoms with Gasteiger partial charge in [0.2, 0.25) is 23.4 Å². The van der Waals surface area contributed by atoms with Crippen LogP contribution in [0, 0.1) is 0 Å². The van der Waals surface area contributed by atoms with Crippen LogP contribution in [0.25, 0.3) is 0 Å². The second kappa shape index (κ2) is 39.6. The van der Waals surface area contributed by atoms with Crippen molar-refractivity contribution in [3.05, 3.63) is 160 Å². The molecule has 0 spiro atoms. The lowest BCUT2D eigenvalue weighted by molar-refractivity contribution is -0.438. The second-order valence-corrected chi connectivity index (χ2v) is 33.9. The van der Waals surface area contributed by atoms with Crippen molar-refractivity contribution in [2.75, 3.05) is 62.5 Å². The Kier molecular flexibility index (Phi) is 31.6. The molecule has 13 N–H and O–H groups in total. The number of carbonyl (C=O) groups excluding carboxylic acids is 4. The van der Waals surface area contributed by atoms with Crippen LogP contribution in [0.4, 0.5) is 16.2 Å². The molecular weight excluding hydrogens is 1550 g/mol. The van der Waals surface area contributed by atoms with Gasteiger partial charge in [0.1, 0.15) is 42.2 Å². The number of unbranched alkanes of at least 4 members (excludes halogenated alkanes) is 2. The summed E-state index contributed by atoms with van der Waals surface area (Å²) in [6.45, 7) is 7.70. The van der Waals surface area contributed by atoms with Crippen molar-refractivity contribution in [3.63, 3.8) is 0 Å². The standard InChI is InChI=1S/C74H93N7O27S4/c1-73(2)54-45-52(111(100,101)102)23-27-60(54)80(35-8-10-41-109(94,95)96)62(73)29-19-49-15-12-16-50(20-30-63-74(3,4)55-46-53(112(103,104)105)24-28-61(55)81(63)36-9-11-42-110(97,98)99)67(49)108-51-21-17-48(18-22-51)44-59(71(91)92)77-68(86)58(43-47-13-6-5-7-14-47)76-65(83)33-37-106-39-40-107-38-34-75-64(82)31-25-56(69(87)88)78-72(93)79-57(70(89)90)26-32-66(84)85/h5-7,13-14,17-24,27-30,45-46,56-59H,8-12,15-16,25-26,31-44H2,1-4H3,(H12-,75,76,77,78,79,82,83,84,85,86,87,88,89,90,91,92,93,94,95,96,97,98,99,100,101,102,103,104,105)/p+1. The molecule has 4 aromatic carbocycles. The number of carboxylic acid groups (broad SMARTS) is 4. The fraction of sp³-hybridized carbons (Fsp3) is 0.446. The molecule has 4 atom stereocenters. The van der Waals surface area contributed by atoms with Crippen molar-refractivity contribution in [3.8, 4) is 5.75 Å². The summed E-state index contributed by atoms with van der Waals surface area (Å²) in [5.41, 5.74) is 4.00. The van der Waals surface area contributed by atoms with E-state index in [0.29, 0.717) is 81.2 Å². The van der Waals surface area contributed by atoms with Crippen LogP contribution in [0.15, 0.2) is 148 Å². The number of benzene rings is 4. The second-order valence-electron chi connectivity index (χ2n) is 27.9. The molecule has 4 aromatic rings. The van der Waals surface area contributed by atoms with Gasteiger partial charge in [0, 0.05) is 86.1 Å². The van der Waals surface area contributed by atoms with Crippen molar-refractivity contribution in [2.24, 2.45) is 0 Å². The molecule has 0 fully saturated rings. The Balaban J connectivity index is 1.06. The molecule has 38 heteroatoms. The fourth-order valence-corrected chi connectivity index (χ4v) is 15.2. The molecule has 610 valence electrons. The first-order valence-electron chi connectivity index (χ1n) is 35.7. The van der Waals surface area contributed by atoms with Crippen molar-refractivity contribution in [2.45, 2.75) is 162 Å². The molecule has 34 nitrogen and oxygen atoms in total. The van der Waals surface area contributed by atoms with E-state index < -0.39 is 147 Å². The normalized spacial score (nSPS) is 16.6. The Morgan fingerprint density at radius 1 is 0.562 bits per heavy atom. The van der Waals surface area contributed by atoms with Crippen LogP contribution in [-0.4, -0.2) is 212 Å². The summed E-state index contributed by atoms with van der Waals surface area (Å²) in [7, 11) is -17.9. The summed E-state index contributed by atoms with van der Waals surface area (Å²) < 4.78 is 156. The smallest absolute Gasteiger partial charge is 0.326 e. The van der Waals surface area contributed by atoms with Gasteiger partial charge in [-0.3, -0.25) is 37.4 Å². The third-order valence-electron chi connectivity index (χ3n) is 18.8. The van der Waals surface area contributed by atoms with Crippen LogP contribution in [0.2, 0.25) is 0 Å². The van der Waals surface area contributed by atoms with Crippen LogP contribution < -0.4 is 36.2 Å². The topological polar surface area (TPSA) is 529 Å². The Labute approximate surface area is 648 Å². The number of urea groups is 1. The molecule has 0 aromatic heterocycles. The van der Waals surface area contributed by atoms with E-state index in [0.717, 1.165) is 0 Å². The zero-order valence-corrected chi connectivity index (χ0v) is 65.2. The molecule has 112 heavy (non-hydrogen) atoms. The zero-order chi connectivity index (χ0) is 82.5. The number of allylic oxidation sites excluding steroid dienone is 7. The third-order valence-corrected chi connectivity index (χ3v) is 22.1. The van der Waals surface area contributed by atoms with Crippen LogP contribution in [0.1, 0.15) is 127 Å². The van der Waals surface area contributed by atoms with E-state index in [1.54, 1.807) is 66.7 Å². The van der Waals surface area contributed by atoms with Gasteiger partial charge in [-0.2, -0.15) is 38.2 Å². The molecule has 4 unspecified atom stereocenters. The number of hydrogen-bond acceptors (Lipinski definition) is 20. The maximum Gasteiger partial charge on any atom is 0.326 e. The van der Waals surface area contributed by atoms with Crippen molar-refractivity contribution in [1.29, 1.82) is 0 Å². The van der Waals surface area contributed by atoms with E-state index in [2.05, 4.69) is 21.3 Å². The Morgan fingerprint density at radius 2 is 1.13 bits per heavy atom. The van der Waals surface area contributed by atoms with Gasteiger partial charge in [-0.05, 0) is 148 Å². The van der Waals surface area contributed by atoms with Gasteiger partial charge in [0.15, 0.2) is 5.71 Å². The lowest BCUT2D eigenvalue weighted by Crippen LogP contribution is -2.53. The first kappa shape index (κ1) is 89.4. The zero-order valence-electron chi connectivity index (χ0n) is 61.9. The van der Waals surface area contributed by atoms with Crippen molar-refractivity contribution in [1.82, 2.24) is 26.6 Å². The number of nitrogens with zero attached hydrogens (tertiary/aromatic N) is 2. The highest BCUT2D eigenvalue weighted by atomic mass is 32.2. The molecule has 2 aliphatic heterocycles. The molecule has 0 saturated heterocycles. The van der Waals surface area contributed by atoms with Gasteiger partial charge in [0.25, 0.3) is 40.5 Å². The summed E-state index contributed by atoms with van der Waals surface area (Å²) in [6.07, 6.45) is 7.17. The fourth-order valence-electron chi connectivity index (χ4n) is 13.0. The minimum absolute atomic E-state index is 0.00517. The molecule has 5 amide bonds. The summed E-state index contributed by atoms with van der Waals surface area (Å²) >= 11 is 0. The number of fused-ring (bicyclic) bond motifs is 2. The summed E-state index contributed by atoms with van der Waals surface area (Å²) in [4.78, 5) is 100. The number of amides is 5. The van der Waals surface area contributed by atoms with Crippen LogP contribution >= 0.6 is 0 Å². The number of ether oxygens (including phenoxy) is 3. The minimum atomic E-state index is -4.66. The first-order valence-corrected chi connectivity index (χ1v) is 41.8. The Morgan fingerprint density at radius 3 is 1.73 bits per heavy atom. The average molecular weight is 1640 g/mol. The van der Waals surface area contributed by atoms with Crippen LogP contribution in [0.5, 0.6) is 5.75 Å². The average Bonchev–Trinajstić information content (AvgIpc) is 1.59. The largest absolute Gasteiger partial charge is 0.481 e. The van der Waals surface area contributed by atoms with Gasteiger partial charge in [-0.25, -0.2) is 19.2 Å². The SMILES string of the molecule is CC1(C)C(=CC=C2CCCC(C=CC3=[N+](CCCCS(=O)(=O)O)c4ccc(S(=O)(=O)O)cc4C3(C)C)=C2Oc2ccc(CC(NC(=O)C(Cc3ccccc3)NC(=O)CCOCCOCCNC(=O)CCC(NC(=O)NC(CCC(=O)O)C(=O)O)C(=O)O)C(=O)O)cc2)N(CCCCS(=O)(=O)O)c2ccc(S(=O)(=O)O)cc21. The highest BCUT2D eigenvalue weighted by Gasteiger charge is 2.46. The number of aliphatic carboxylic acids is 4. The van der Waals surface area contributed by atoms with Gasteiger partial charge in [0.05, 0.1) is 53.1 Å². The Hall–Kier alpha value is -9.77. The van der Waals surface area contributed by atoms with Gasteiger partial charge < -0.3 is 66.1 Å². The quantitative estimate of drug-likeness (QED) is 0.0141. The summed E-state index contributed by atoms with van der Waals surface area (Å²) in [6, 6.07) is 16.2. The van der Waals surface area contributed by atoms with Crippen molar-refractivity contribution >= 4 is 105 Å². The number of carbonyl (C=O) groups is 8. The summed E-state index contributed by atoms with van der Waals surface area (Å²) in [5, 5.41) is 50.0. The first-order chi connectivity index (χ1) is 52.5. The molecular formula is C74H94N7O27S4+. The van der Waals surface area contributed by atoms with Crippen LogP contribution in [-0.2, 0) is 107 Å². The van der Waals surface area contributed by atoms with Gasteiger partial charge in [-0.1, -0.05) is 62.4 Å². The number of nitrogens with one attached hydrogen (secondary N) is 5. The number of carboxylic acids is 4. The van der Waals surface area contributed by atoms with E-state index >= 15 is 0 Å². The number of rotatable bonds is 44. The maximum absolute atomic E-state index is 14.2. The third kappa shape index (κ3) is 26.7. The van der Waals surface area contributed by atoms with E-state index in [4.69, 9.17) is 19.3 Å². The molecule has 0 saturated carbocycles. The highest BCUT2D eigenvalue weighted by Crippen LogP contribution is 2.49. The van der Waals surface area contributed by atoms with Crippen molar-refractivity contribution < 1.29 is 129 Å². The number of hydrogen-bond donors (Lipinski definition) is 13. The molecule has 3 aliphatic rings. The monoisotopic (exact) mass is 1640 g/mol. The molecule has 1 aliphatic carbocycles. The van der Waals surface area contributed by atoms with E-state index in [1.807, 2.05) is 66.8 Å². The predicted octanol–water partition coefficient (Wildman–Crippen LogP) is 5.80. The maximum atomic E-state index is 14.2. The highest BCUT2D eigenvalue weighted by molar-refractivity contribution is 7.86. The minimum Gasteiger partial charge on any atom is -0.481 e. The molecule has 0 radical (unpaired) electrons. The van der Waals surface area contributed by atoms with E-state index in [9.17, 15) is 106 Å². The summed E-state index contributed by atoms with van der Waals surface area (Å²) in [5.74, 6) is -8.16. The lowest BCUT2D eigenvalue weighted by atomic mass is 9.81. The molecule has 7 rings (SSSR count). The van der Waals surface area contributed by atoms with Crippen LogP contribution in [0.3, 0.4) is 0 Å². The van der Waals surface area contributed by atoms with E-state index in [1.165, 1.54) is 24.3 Å². The Bertz CT molecular complexity index is 4790. The van der Waals surface area contributed by atoms with Gasteiger partial charge >= 0.3 is 29.9 Å². The van der Waals surface area contributed by atoms with Gasteiger partial charge in [-0.15, -0.1) is 0 Å². The lowest BCUT2D eigenvalue weighted by Gasteiger charge is -2.27. The molecule has 0 bridgehead atoms. The van der Waals surface area contributed by atoms with E-state index in [-0.39, 0.29) is 119 Å². The molecule has 2 heterocycles. The predicted molar refractivity (Wildman–Crippen MR) is 405 cm³/mol. The number of anilines is 1.